The molecule has 72 valence electrons. The fraction of sp³-hybridized carbons (Fsp3) is 0.500. The molecule has 1 heterocycles. The zero-order chi connectivity index (χ0) is 9.68. The van der Waals surface area contributed by atoms with Crippen LogP contribution in [0.25, 0.3) is 0 Å². The minimum atomic E-state index is 0.562. The molecule has 13 heavy (non-hydrogen) atoms. The SMILES string of the molecule is CCNC(=S)/N=c1/sccn1CC. The standard InChI is InChI=1S/C8H13N3S2/c1-3-9-7(12)10-8-11(4-2)5-6-13-8/h5-6H,3-4H2,1-2H3,(H,9,12)/b10-8+. The van der Waals surface area contributed by atoms with Gasteiger partial charge in [-0.2, -0.15) is 4.99 Å². The van der Waals surface area contributed by atoms with Crippen molar-refractivity contribution in [1.82, 2.24) is 9.88 Å². The summed E-state index contributed by atoms with van der Waals surface area (Å²) in [5, 5.41) is 5.57. The summed E-state index contributed by atoms with van der Waals surface area (Å²) in [6.45, 7) is 5.84. The lowest BCUT2D eigenvalue weighted by Crippen LogP contribution is -2.23. The Kier molecular flexibility index (Phi) is 4.11. The number of hydrogen-bond donors (Lipinski definition) is 1. The van der Waals surface area contributed by atoms with Gasteiger partial charge < -0.3 is 9.88 Å². The van der Waals surface area contributed by atoms with Gasteiger partial charge in [-0.1, -0.05) is 0 Å². The molecule has 0 aliphatic carbocycles. The Bertz CT molecular complexity index is 337. The van der Waals surface area contributed by atoms with Gasteiger partial charge in [0.25, 0.3) is 0 Å². The van der Waals surface area contributed by atoms with Gasteiger partial charge in [-0.3, -0.25) is 0 Å². The third-order valence-corrected chi connectivity index (χ3v) is 2.56. The highest BCUT2D eigenvalue weighted by Gasteiger charge is 1.93. The molecule has 0 unspecified atom stereocenters. The minimum Gasteiger partial charge on any atom is -0.361 e. The summed E-state index contributed by atoms with van der Waals surface area (Å²) in [6.07, 6.45) is 2.01. The molecule has 1 aromatic rings. The number of rotatable bonds is 2. The molecular weight excluding hydrogens is 202 g/mol. The van der Waals surface area contributed by atoms with Crippen molar-refractivity contribution >= 4 is 28.7 Å². The summed E-state index contributed by atoms with van der Waals surface area (Å²) in [5.41, 5.74) is 0. The van der Waals surface area contributed by atoms with Crippen LogP contribution < -0.4 is 10.1 Å². The van der Waals surface area contributed by atoms with E-state index in [0.717, 1.165) is 17.9 Å². The molecule has 0 bridgehead atoms. The van der Waals surface area contributed by atoms with Gasteiger partial charge >= 0.3 is 0 Å². The number of aromatic nitrogens is 1. The molecule has 1 aromatic heterocycles. The number of hydrogen-bond acceptors (Lipinski definition) is 2. The second-order valence-electron chi connectivity index (χ2n) is 2.42. The monoisotopic (exact) mass is 215 g/mol. The highest BCUT2D eigenvalue weighted by atomic mass is 32.1. The van der Waals surface area contributed by atoms with Crippen LogP contribution in [-0.4, -0.2) is 16.2 Å². The normalized spacial score (nSPS) is 11.7. The molecule has 1 rings (SSSR count). The summed E-state index contributed by atoms with van der Waals surface area (Å²) in [6, 6.07) is 0. The number of thiazole rings is 1. The van der Waals surface area contributed by atoms with Crippen LogP contribution in [0, 0.1) is 0 Å². The average molecular weight is 215 g/mol. The zero-order valence-electron chi connectivity index (χ0n) is 7.78. The van der Waals surface area contributed by atoms with Crippen LogP contribution in [0.3, 0.4) is 0 Å². The first-order chi connectivity index (χ1) is 6.27. The van der Waals surface area contributed by atoms with Crippen LogP contribution in [0.1, 0.15) is 13.8 Å². The largest absolute Gasteiger partial charge is 0.361 e. The van der Waals surface area contributed by atoms with Crippen molar-refractivity contribution in [2.45, 2.75) is 20.4 Å². The molecule has 0 aliphatic heterocycles. The Balaban J connectivity index is 2.86. The van der Waals surface area contributed by atoms with E-state index in [4.69, 9.17) is 12.2 Å². The van der Waals surface area contributed by atoms with Gasteiger partial charge in [-0.15, -0.1) is 11.3 Å². The number of nitrogens with one attached hydrogen (secondary N) is 1. The van der Waals surface area contributed by atoms with E-state index in [1.54, 1.807) is 11.3 Å². The number of thiocarbonyl (C=S) groups is 1. The number of nitrogens with zero attached hydrogens (tertiary/aromatic N) is 2. The van der Waals surface area contributed by atoms with Crippen LogP contribution in [0.2, 0.25) is 0 Å². The maximum absolute atomic E-state index is 5.02. The topological polar surface area (TPSA) is 29.3 Å². The summed E-state index contributed by atoms with van der Waals surface area (Å²) in [5.74, 6) is 0. The number of aryl methyl sites for hydroxylation is 1. The van der Waals surface area contributed by atoms with Crippen molar-refractivity contribution in [3.63, 3.8) is 0 Å². The van der Waals surface area contributed by atoms with E-state index in [0.29, 0.717) is 5.11 Å². The predicted octanol–water partition coefficient (Wildman–Crippen LogP) is 1.36. The van der Waals surface area contributed by atoms with Gasteiger partial charge in [0.15, 0.2) is 9.91 Å². The third-order valence-electron chi connectivity index (χ3n) is 1.53. The molecular formula is C8H13N3S2. The summed E-state index contributed by atoms with van der Waals surface area (Å²) < 4.78 is 2.06. The average Bonchev–Trinajstić information content (AvgIpc) is 2.52. The highest BCUT2D eigenvalue weighted by Crippen LogP contribution is 1.89. The molecule has 0 saturated carbocycles. The van der Waals surface area contributed by atoms with Crippen molar-refractivity contribution in [1.29, 1.82) is 0 Å². The molecule has 0 spiro atoms. The van der Waals surface area contributed by atoms with Crippen LogP contribution >= 0.6 is 23.6 Å². The lowest BCUT2D eigenvalue weighted by molar-refractivity contribution is 0.737. The van der Waals surface area contributed by atoms with Crippen LogP contribution in [0.5, 0.6) is 0 Å². The van der Waals surface area contributed by atoms with E-state index in [1.165, 1.54) is 0 Å². The predicted molar refractivity (Wildman–Crippen MR) is 59.8 cm³/mol. The van der Waals surface area contributed by atoms with E-state index in [9.17, 15) is 0 Å². The molecule has 1 N–H and O–H groups in total. The molecule has 0 aliphatic rings. The Morgan fingerprint density at radius 1 is 1.69 bits per heavy atom. The highest BCUT2D eigenvalue weighted by molar-refractivity contribution is 7.80. The second kappa shape index (κ2) is 5.14. The van der Waals surface area contributed by atoms with E-state index >= 15 is 0 Å². The van der Waals surface area contributed by atoms with Crippen LogP contribution in [0.15, 0.2) is 16.6 Å². The van der Waals surface area contributed by atoms with Gasteiger partial charge in [0, 0.05) is 24.7 Å². The first kappa shape index (κ1) is 10.4. The molecule has 0 radical (unpaired) electrons. The second-order valence-corrected chi connectivity index (χ2v) is 3.68. The fourth-order valence-electron chi connectivity index (χ4n) is 0.905. The van der Waals surface area contributed by atoms with Gasteiger partial charge in [0.05, 0.1) is 0 Å². The van der Waals surface area contributed by atoms with Crippen LogP contribution in [-0.2, 0) is 6.54 Å². The summed E-state index contributed by atoms with van der Waals surface area (Å²) >= 11 is 6.62. The molecule has 0 aromatic carbocycles. The Hall–Kier alpha value is -0.680. The Labute approximate surface area is 87.1 Å². The lowest BCUT2D eigenvalue weighted by Gasteiger charge is -1.98. The van der Waals surface area contributed by atoms with E-state index in [1.807, 2.05) is 18.5 Å². The molecule has 0 amide bonds. The maximum Gasteiger partial charge on any atom is 0.195 e. The molecule has 0 atom stereocenters. The van der Waals surface area contributed by atoms with E-state index in [-0.39, 0.29) is 0 Å². The van der Waals surface area contributed by atoms with Crippen LogP contribution in [0.4, 0.5) is 0 Å². The maximum atomic E-state index is 5.02. The molecule has 0 saturated heterocycles. The van der Waals surface area contributed by atoms with Crippen molar-refractivity contribution < 1.29 is 0 Å². The van der Waals surface area contributed by atoms with Crippen molar-refractivity contribution in [2.75, 3.05) is 6.54 Å². The fourth-order valence-corrected chi connectivity index (χ4v) is 1.99. The quantitative estimate of drug-likeness (QED) is 0.755. The van der Waals surface area contributed by atoms with Gasteiger partial charge in [0.1, 0.15) is 0 Å². The molecule has 0 fully saturated rings. The van der Waals surface area contributed by atoms with E-state index < -0.39 is 0 Å². The van der Waals surface area contributed by atoms with Crippen molar-refractivity contribution in [3.8, 4) is 0 Å². The first-order valence-electron chi connectivity index (χ1n) is 4.24. The minimum absolute atomic E-state index is 0.562. The zero-order valence-corrected chi connectivity index (χ0v) is 9.41. The Morgan fingerprint density at radius 2 is 2.46 bits per heavy atom. The summed E-state index contributed by atoms with van der Waals surface area (Å²) in [4.78, 5) is 5.23. The third kappa shape index (κ3) is 2.93. The molecule has 5 heteroatoms. The summed E-state index contributed by atoms with van der Waals surface area (Å²) in [7, 11) is 0. The first-order valence-corrected chi connectivity index (χ1v) is 5.53. The molecule has 3 nitrogen and oxygen atoms in total. The van der Waals surface area contributed by atoms with E-state index in [2.05, 4.69) is 21.8 Å². The Morgan fingerprint density at radius 3 is 3.08 bits per heavy atom. The lowest BCUT2D eigenvalue weighted by atomic mass is 10.7. The van der Waals surface area contributed by atoms with Crippen molar-refractivity contribution in [2.24, 2.45) is 4.99 Å². The van der Waals surface area contributed by atoms with Gasteiger partial charge in [-0.25, -0.2) is 0 Å². The van der Waals surface area contributed by atoms with Crippen molar-refractivity contribution in [3.05, 3.63) is 16.4 Å². The van der Waals surface area contributed by atoms with Gasteiger partial charge in [-0.05, 0) is 26.1 Å². The van der Waals surface area contributed by atoms with Gasteiger partial charge in [0.2, 0.25) is 0 Å². The smallest absolute Gasteiger partial charge is 0.195 e.